The molecule has 212 valence electrons. The number of fused-ring (bicyclic) bond motifs is 20. The van der Waals surface area contributed by atoms with E-state index in [-0.39, 0.29) is 0 Å². The lowest BCUT2D eigenvalue weighted by atomic mass is 10.1. The maximum absolute atomic E-state index is 5.02. The molecule has 9 rings (SSSR count). The van der Waals surface area contributed by atoms with Crippen LogP contribution >= 0.6 is 0 Å². The van der Waals surface area contributed by atoms with Crippen LogP contribution in [-0.2, 0) is 4.12 Å². The molecule has 8 bridgehead atoms. The Kier molecular flexibility index (Phi) is 6.38. The van der Waals surface area contributed by atoms with Gasteiger partial charge in [-0.15, -0.1) is 0 Å². The fraction of sp³-hybridized carbons (Fsp3) is 0. The van der Waals surface area contributed by atoms with Gasteiger partial charge in [0.25, 0.3) is 0 Å². The Morgan fingerprint density at radius 1 is 0.455 bits per heavy atom. The number of hydrogen-bond acceptors (Lipinski definition) is 8. The van der Waals surface area contributed by atoms with Gasteiger partial charge in [-0.3, -0.25) is 0 Å². The number of H-pyrrole nitrogens is 2. The topological polar surface area (TPSA) is 144 Å². The molecule has 4 N–H and O–H groups in total. The van der Waals surface area contributed by atoms with E-state index in [0.29, 0.717) is 45.9 Å². The van der Waals surface area contributed by atoms with E-state index < -0.39 is 9.92 Å². The quantitative estimate of drug-likeness (QED) is 0.237. The molecule has 7 aromatic rings. The molecule has 0 radical (unpaired) electrons. The van der Waals surface area contributed by atoms with Gasteiger partial charge in [-0.05, 0) is 0 Å². The fourth-order valence-corrected chi connectivity index (χ4v) is 5.59. The summed E-state index contributed by atoms with van der Waals surface area (Å²) in [5, 5.41) is 8.80. The Morgan fingerprint density at radius 2 is 0.705 bits per heavy atom. The van der Waals surface area contributed by atoms with Gasteiger partial charge < -0.3 is 19.5 Å². The van der Waals surface area contributed by atoms with Gasteiger partial charge in [0.1, 0.15) is 33.1 Å². The number of rotatable bonds is 1. The van der Waals surface area contributed by atoms with Gasteiger partial charge in [0, 0.05) is 43.8 Å². The molecule has 2 aliphatic rings. The third-order valence-electron chi connectivity index (χ3n) is 7.63. The predicted molar refractivity (Wildman–Crippen MR) is 180 cm³/mol. The molecule has 10 nitrogen and oxygen atoms in total. The van der Waals surface area contributed by atoms with Crippen LogP contribution in [0.15, 0.2) is 97.1 Å². The molecule has 0 saturated carbocycles. The summed E-state index contributed by atoms with van der Waals surface area (Å²) in [7, 11) is 0.313. The molecular weight excluding hydrogens is 583 g/mol. The van der Waals surface area contributed by atoms with Crippen LogP contribution in [0.2, 0.25) is 0 Å². The summed E-state index contributed by atoms with van der Waals surface area (Å²) in [5.74, 6) is 2.39. The van der Waals surface area contributed by atoms with Gasteiger partial charge in [0.15, 0.2) is 23.3 Å². The first-order chi connectivity index (χ1) is 21.7. The molecule has 0 amide bonds. The minimum absolute atomic E-state index is 0.514. The van der Waals surface area contributed by atoms with E-state index >= 15 is 0 Å². The minimum atomic E-state index is -0.514. The number of aromatic amines is 2. The molecular formula is C32H25N9OSi2. The van der Waals surface area contributed by atoms with Crippen molar-refractivity contribution in [3.63, 3.8) is 0 Å². The van der Waals surface area contributed by atoms with Crippen LogP contribution in [0.25, 0.3) is 89.7 Å². The number of nitrogens with two attached hydrogens (primary N) is 1. The Labute approximate surface area is 256 Å². The van der Waals surface area contributed by atoms with Crippen molar-refractivity contribution in [1.82, 2.24) is 39.9 Å². The first kappa shape index (κ1) is 26.2. The van der Waals surface area contributed by atoms with Crippen molar-refractivity contribution in [3.05, 3.63) is 97.1 Å². The Bertz CT molecular complexity index is 2080. The summed E-state index contributed by atoms with van der Waals surface area (Å²) < 4.78 is 4.60. The lowest BCUT2D eigenvalue weighted by Gasteiger charge is -1.96. The van der Waals surface area contributed by atoms with Crippen LogP contribution < -0.4 is 5.40 Å². The normalized spacial score (nSPS) is 11.9. The van der Waals surface area contributed by atoms with Crippen LogP contribution in [0.1, 0.15) is 0 Å². The van der Waals surface area contributed by atoms with Crippen LogP contribution in [0.4, 0.5) is 0 Å². The lowest BCUT2D eigenvalue weighted by molar-refractivity contribution is 0.665. The maximum Gasteiger partial charge on any atom is 0.221 e. The van der Waals surface area contributed by atoms with Crippen LogP contribution in [0.5, 0.6) is 0 Å². The van der Waals surface area contributed by atoms with Gasteiger partial charge >= 0.3 is 0 Å². The van der Waals surface area contributed by atoms with Gasteiger partial charge in [-0.1, -0.05) is 97.1 Å². The molecule has 12 heteroatoms. The van der Waals surface area contributed by atoms with Crippen molar-refractivity contribution >= 4 is 64.5 Å². The highest BCUT2D eigenvalue weighted by Crippen LogP contribution is 2.36. The molecule has 44 heavy (non-hydrogen) atoms. The van der Waals surface area contributed by atoms with Crippen LogP contribution in [-0.4, -0.2) is 60.3 Å². The molecule has 0 spiro atoms. The van der Waals surface area contributed by atoms with E-state index in [9.17, 15) is 0 Å². The van der Waals surface area contributed by atoms with Crippen LogP contribution in [0, 0.1) is 0 Å². The molecule has 0 fully saturated rings. The zero-order valence-electron chi connectivity index (χ0n) is 23.6. The largest absolute Gasteiger partial charge is 0.457 e. The summed E-state index contributed by atoms with van der Waals surface area (Å²) in [6.45, 7) is 0. The zero-order valence-corrected chi connectivity index (χ0v) is 27.0. The summed E-state index contributed by atoms with van der Waals surface area (Å²) in [6, 6.07) is 32.2. The zero-order chi connectivity index (χ0) is 29.6. The third kappa shape index (κ3) is 4.32. The molecule has 3 aromatic heterocycles. The van der Waals surface area contributed by atoms with E-state index in [1.54, 1.807) is 0 Å². The Balaban J connectivity index is 0.000000684. The molecule has 0 atom stereocenters. The van der Waals surface area contributed by atoms with E-state index in [4.69, 9.17) is 35.3 Å². The first-order valence-corrected chi connectivity index (χ1v) is 16.3. The average Bonchev–Trinajstić information content (AvgIpc) is 3.81. The summed E-state index contributed by atoms with van der Waals surface area (Å²) >= 11 is 0. The van der Waals surface area contributed by atoms with Gasteiger partial charge in [0.2, 0.25) is 9.92 Å². The fourth-order valence-electron chi connectivity index (χ4n) is 5.59. The highest BCUT2D eigenvalue weighted by molar-refractivity contribution is 6.30. The van der Waals surface area contributed by atoms with E-state index in [1.807, 2.05) is 97.1 Å². The molecule has 2 aliphatic heterocycles. The van der Waals surface area contributed by atoms with Gasteiger partial charge in [-0.25, -0.2) is 29.9 Å². The second-order valence-corrected chi connectivity index (χ2v) is 12.9. The maximum atomic E-state index is 5.02. The van der Waals surface area contributed by atoms with E-state index in [1.165, 1.54) is 0 Å². The standard InChI is InChI=1S/C32H18N8.H7NOSi2/c1-2-10-18-17(9-1)25-33-26(18)38-28-21-13-5-6-14-22(21)30(35-28)40-32-24-16-8-7-15-23(24)31(36-32)39-29-20-12-4-3-11-19(20)27(34-29)37-25;1-4-2-3/h1-16H,(H2,33,34,35,36,37,38,39,40);1,4H2,3H3. The number of hydrogen-bond donors (Lipinski definition) is 3. The predicted octanol–water partition coefficient (Wildman–Crippen LogP) is 4.11. The van der Waals surface area contributed by atoms with Crippen LogP contribution in [0.3, 0.4) is 0 Å². The number of nitrogens with one attached hydrogen (secondary N) is 2. The highest BCUT2D eigenvalue weighted by Gasteiger charge is 2.21. The second kappa shape index (κ2) is 10.7. The average molecular weight is 608 g/mol. The molecule has 0 unspecified atom stereocenters. The Hall–Kier alpha value is -5.41. The lowest BCUT2D eigenvalue weighted by Crippen LogP contribution is -2.06. The van der Waals surface area contributed by atoms with Crippen molar-refractivity contribution in [2.75, 3.05) is 0 Å². The van der Waals surface area contributed by atoms with Crippen molar-refractivity contribution in [1.29, 1.82) is 0 Å². The SMILES string of the molecule is N[SiH2]O[SiH3].c1ccc2c(c1)-c1nc-2nc2[nH]c(nc3nc(nc4[nH]c(n1)c1ccccc41)-c1ccccc1-3)c1ccccc21. The highest BCUT2D eigenvalue weighted by atomic mass is 28.3. The van der Waals surface area contributed by atoms with Crippen molar-refractivity contribution in [3.8, 4) is 45.6 Å². The Morgan fingerprint density at radius 3 is 0.955 bits per heavy atom. The second-order valence-electron chi connectivity index (χ2n) is 10.2. The van der Waals surface area contributed by atoms with Gasteiger partial charge in [-0.2, -0.15) is 0 Å². The minimum Gasteiger partial charge on any atom is -0.457 e. The molecule has 0 saturated heterocycles. The van der Waals surface area contributed by atoms with E-state index in [2.05, 4.69) is 14.1 Å². The summed E-state index contributed by atoms with van der Waals surface area (Å²) in [4.78, 5) is 36.8. The number of aromatic nitrogens is 8. The monoisotopic (exact) mass is 607 g/mol. The van der Waals surface area contributed by atoms with Gasteiger partial charge in [0.05, 0.1) is 0 Å². The number of nitrogens with zero attached hydrogens (tertiary/aromatic N) is 6. The number of benzene rings is 4. The van der Waals surface area contributed by atoms with Crippen molar-refractivity contribution in [2.24, 2.45) is 5.40 Å². The summed E-state index contributed by atoms with van der Waals surface area (Å²) in [5.41, 5.74) is 6.45. The molecule has 4 aromatic carbocycles. The smallest absolute Gasteiger partial charge is 0.221 e. The van der Waals surface area contributed by atoms with Crippen molar-refractivity contribution in [2.45, 2.75) is 0 Å². The molecule has 0 aliphatic carbocycles. The third-order valence-corrected chi connectivity index (χ3v) is 8.96. The molecule has 5 heterocycles. The van der Waals surface area contributed by atoms with E-state index in [0.717, 1.165) is 54.3 Å². The van der Waals surface area contributed by atoms with Crippen molar-refractivity contribution < 1.29 is 4.12 Å². The summed E-state index contributed by atoms with van der Waals surface area (Å²) in [6.07, 6.45) is 0. The first-order valence-electron chi connectivity index (χ1n) is 14.1.